The van der Waals surface area contributed by atoms with Crippen molar-refractivity contribution in [1.82, 2.24) is 4.98 Å². The number of rotatable bonds is 4. The quantitative estimate of drug-likeness (QED) is 0.789. The fourth-order valence-electron chi connectivity index (χ4n) is 5.33. The van der Waals surface area contributed by atoms with Crippen LogP contribution >= 0.6 is 11.6 Å². The molecule has 0 N–H and O–H groups in total. The monoisotopic (exact) mass is 333 g/mol. The Morgan fingerprint density at radius 3 is 2.35 bits per heavy atom. The van der Waals surface area contributed by atoms with Gasteiger partial charge in [-0.15, -0.1) is 0 Å². The maximum atomic E-state index is 12.8. The number of halogens is 1. The maximum Gasteiger partial charge on any atom is 0.357 e. The number of pyridine rings is 1. The minimum atomic E-state index is -0.578. The Kier molecular flexibility index (Phi) is 3.67. The highest BCUT2D eigenvalue weighted by atomic mass is 35.5. The van der Waals surface area contributed by atoms with Gasteiger partial charge in [-0.2, -0.15) is 0 Å². The van der Waals surface area contributed by atoms with E-state index in [1.807, 2.05) is 0 Å². The molecule has 0 unspecified atom stereocenters. The molecule has 0 aliphatic heterocycles. The fraction of sp³-hybridized carbons (Fsp3) is 0.611. The van der Waals surface area contributed by atoms with Gasteiger partial charge in [0, 0.05) is 16.6 Å². The first kappa shape index (κ1) is 15.1. The first-order valence-electron chi connectivity index (χ1n) is 8.36. The Balaban J connectivity index is 1.41. The summed E-state index contributed by atoms with van der Waals surface area (Å²) in [7, 11) is 0. The lowest BCUT2D eigenvalue weighted by molar-refractivity contribution is -0.147. The van der Waals surface area contributed by atoms with Gasteiger partial charge in [-0.1, -0.05) is 11.6 Å². The summed E-state index contributed by atoms with van der Waals surface area (Å²) in [5.74, 6) is 1.64. The molecule has 23 heavy (non-hydrogen) atoms. The zero-order valence-electron chi connectivity index (χ0n) is 13.0. The lowest BCUT2D eigenvalue weighted by Crippen LogP contribution is -2.51. The van der Waals surface area contributed by atoms with Crippen LogP contribution in [0.15, 0.2) is 18.3 Å². The van der Waals surface area contributed by atoms with Crippen LogP contribution in [0.2, 0.25) is 5.02 Å². The molecule has 0 radical (unpaired) electrons. The van der Waals surface area contributed by atoms with Crippen molar-refractivity contribution in [2.75, 3.05) is 6.61 Å². The molecule has 4 nitrogen and oxygen atoms in total. The van der Waals surface area contributed by atoms with Crippen molar-refractivity contribution in [2.24, 2.45) is 23.2 Å². The third-order valence-corrected chi connectivity index (χ3v) is 6.13. The van der Waals surface area contributed by atoms with Gasteiger partial charge in [0.2, 0.25) is 0 Å². The number of carbonyl (C=O) groups is 2. The molecular formula is C18H20ClNO3. The molecule has 1 aromatic heterocycles. The van der Waals surface area contributed by atoms with Crippen molar-refractivity contribution < 1.29 is 14.3 Å². The number of esters is 1. The molecular weight excluding hydrogens is 314 g/mol. The number of hydrogen-bond donors (Lipinski definition) is 0. The second-order valence-electron chi connectivity index (χ2n) is 7.56. The van der Waals surface area contributed by atoms with E-state index in [1.54, 1.807) is 6.07 Å². The van der Waals surface area contributed by atoms with Crippen molar-refractivity contribution in [2.45, 2.75) is 38.5 Å². The van der Waals surface area contributed by atoms with E-state index < -0.39 is 5.97 Å². The Morgan fingerprint density at radius 1 is 1.17 bits per heavy atom. The summed E-state index contributed by atoms with van der Waals surface area (Å²) >= 11 is 5.85. The molecule has 0 spiro atoms. The van der Waals surface area contributed by atoms with Gasteiger partial charge < -0.3 is 4.74 Å². The van der Waals surface area contributed by atoms with Crippen LogP contribution in [0.25, 0.3) is 0 Å². The minimum Gasteiger partial charge on any atom is -0.453 e. The molecule has 1 aromatic rings. The highest BCUT2D eigenvalue weighted by Crippen LogP contribution is 2.60. The van der Waals surface area contributed by atoms with Crippen molar-refractivity contribution in [3.05, 3.63) is 29.0 Å². The van der Waals surface area contributed by atoms with Gasteiger partial charge in [-0.3, -0.25) is 4.79 Å². The first-order chi connectivity index (χ1) is 11.0. The Hall–Kier alpha value is -1.42. The SMILES string of the molecule is O=C(OCC(=O)C12CC3CC(CC(C3)C1)C2)c1cc(Cl)ccn1. The van der Waals surface area contributed by atoms with Crippen LogP contribution in [0.3, 0.4) is 0 Å². The standard InChI is InChI=1S/C18H20ClNO3/c19-14-1-2-20-15(6-14)17(22)23-10-16(21)18-7-11-3-12(8-18)5-13(4-11)9-18/h1-2,6,11-13H,3-5,7-10H2. The summed E-state index contributed by atoms with van der Waals surface area (Å²) in [6, 6.07) is 3.05. The van der Waals surface area contributed by atoms with Gasteiger partial charge in [0.15, 0.2) is 12.4 Å². The normalized spacial score (nSPS) is 34.4. The summed E-state index contributed by atoms with van der Waals surface area (Å²) in [5.41, 5.74) is -0.0765. The lowest BCUT2D eigenvalue weighted by Gasteiger charge is -2.55. The Bertz CT molecular complexity index is 622. The molecule has 4 aliphatic rings. The molecule has 122 valence electrons. The molecule has 0 saturated heterocycles. The Labute approximate surface area is 140 Å². The summed E-state index contributed by atoms with van der Waals surface area (Å²) in [5, 5.41) is 0.430. The zero-order chi connectivity index (χ0) is 16.0. The van der Waals surface area contributed by atoms with Crippen LogP contribution in [-0.2, 0) is 9.53 Å². The fourth-order valence-corrected chi connectivity index (χ4v) is 5.49. The molecule has 0 atom stereocenters. The van der Waals surface area contributed by atoms with E-state index in [9.17, 15) is 9.59 Å². The van der Waals surface area contributed by atoms with E-state index in [1.165, 1.54) is 31.5 Å². The predicted octanol–water partition coefficient (Wildman–Crippen LogP) is 3.68. The molecule has 5 heteroatoms. The zero-order valence-corrected chi connectivity index (χ0v) is 13.7. The second-order valence-corrected chi connectivity index (χ2v) is 7.99. The highest BCUT2D eigenvalue weighted by molar-refractivity contribution is 6.30. The van der Waals surface area contributed by atoms with E-state index >= 15 is 0 Å². The van der Waals surface area contributed by atoms with E-state index in [0.29, 0.717) is 22.8 Å². The third kappa shape index (κ3) is 2.78. The van der Waals surface area contributed by atoms with Gasteiger partial charge in [-0.05, 0) is 68.4 Å². The van der Waals surface area contributed by atoms with E-state index in [4.69, 9.17) is 16.3 Å². The van der Waals surface area contributed by atoms with Gasteiger partial charge in [0.25, 0.3) is 0 Å². The van der Waals surface area contributed by atoms with Crippen LogP contribution in [0.4, 0.5) is 0 Å². The largest absolute Gasteiger partial charge is 0.453 e. The Morgan fingerprint density at radius 2 is 1.78 bits per heavy atom. The molecule has 0 aromatic carbocycles. The number of nitrogens with zero attached hydrogens (tertiary/aromatic N) is 1. The summed E-state index contributed by atoms with van der Waals surface area (Å²) in [6.45, 7) is -0.140. The van der Waals surface area contributed by atoms with Crippen molar-refractivity contribution in [3.8, 4) is 0 Å². The number of hydrogen-bond acceptors (Lipinski definition) is 4. The number of ether oxygens (including phenoxy) is 1. The topological polar surface area (TPSA) is 56.3 Å². The molecule has 1 heterocycles. The van der Waals surface area contributed by atoms with Crippen molar-refractivity contribution >= 4 is 23.4 Å². The average molecular weight is 334 g/mol. The number of aromatic nitrogens is 1. The van der Waals surface area contributed by atoms with E-state index in [-0.39, 0.29) is 23.5 Å². The van der Waals surface area contributed by atoms with Crippen LogP contribution in [0.5, 0.6) is 0 Å². The van der Waals surface area contributed by atoms with Crippen LogP contribution in [-0.4, -0.2) is 23.3 Å². The van der Waals surface area contributed by atoms with Crippen molar-refractivity contribution in [3.63, 3.8) is 0 Å². The molecule has 0 amide bonds. The van der Waals surface area contributed by atoms with Gasteiger partial charge in [-0.25, -0.2) is 9.78 Å². The number of carbonyl (C=O) groups excluding carboxylic acids is 2. The minimum absolute atomic E-state index is 0.104. The highest BCUT2D eigenvalue weighted by Gasteiger charge is 2.54. The van der Waals surface area contributed by atoms with Crippen LogP contribution < -0.4 is 0 Å². The number of Topliss-reactive ketones (excluding diaryl/α,β-unsaturated/α-hetero) is 1. The molecule has 4 fully saturated rings. The molecule has 4 aliphatic carbocycles. The summed E-state index contributed by atoms with van der Waals surface area (Å²) in [6.07, 6.45) is 8.30. The predicted molar refractivity (Wildman–Crippen MR) is 85.1 cm³/mol. The second kappa shape index (κ2) is 5.59. The van der Waals surface area contributed by atoms with E-state index in [2.05, 4.69) is 4.98 Å². The molecule has 5 rings (SSSR count). The van der Waals surface area contributed by atoms with Gasteiger partial charge >= 0.3 is 5.97 Å². The van der Waals surface area contributed by atoms with Crippen molar-refractivity contribution in [1.29, 1.82) is 0 Å². The average Bonchev–Trinajstić information content (AvgIpc) is 2.51. The van der Waals surface area contributed by atoms with Crippen LogP contribution in [0, 0.1) is 23.2 Å². The lowest BCUT2D eigenvalue weighted by atomic mass is 9.48. The van der Waals surface area contributed by atoms with Gasteiger partial charge in [0.1, 0.15) is 5.69 Å². The summed E-state index contributed by atoms with van der Waals surface area (Å²) in [4.78, 5) is 28.7. The smallest absolute Gasteiger partial charge is 0.357 e. The van der Waals surface area contributed by atoms with E-state index in [0.717, 1.165) is 19.3 Å². The van der Waals surface area contributed by atoms with Gasteiger partial charge in [0.05, 0.1) is 0 Å². The van der Waals surface area contributed by atoms with Crippen LogP contribution in [0.1, 0.15) is 49.0 Å². The number of ketones is 1. The maximum absolute atomic E-state index is 12.8. The molecule has 4 saturated carbocycles. The molecule has 4 bridgehead atoms. The third-order valence-electron chi connectivity index (χ3n) is 5.90. The summed E-state index contributed by atoms with van der Waals surface area (Å²) < 4.78 is 5.22. The first-order valence-corrected chi connectivity index (χ1v) is 8.74.